The number of nitrogens with one attached hydrogen (secondary N) is 2. The van der Waals surface area contributed by atoms with Gasteiger partial charge in [0.1, 0.15) is 18.7 Å². The minimum Gasteiger partial charge on any atom is -0.480 e. The number of carbonyl (C=O) groups excluding carboxylic acids is 3. The fraction of sp³-hybridized carbons (Fsp3) is 0.412. The number of nitrogens with zero attached hydrogens (tertiary/aromatic N) is 2. The number of benzene rings is 3. The summed E-state index contributed by atoms with van der Waals surface area (Å²) < 4.78 is 5.23. The Bertz CT molecular complexity index is 1470. The normalized spacial score (nSPS) is 15.8. The molecule has 46 heavy (non-hydrogen) atoms. The fourth-order valence-corrected chi connectivity index (χ4v) is 6.15. The van der Waals surface area contributed by atoms with Gasteiger partial charge >= 0.3 is 12.1 Å². The molecule has 0 aliphatic carbocycles. The number of ether oxygens (including phenoxy) is 1. The number of amides is 3. The van der Waals surface area contributed by atoms with Crippen molar-refractivity contribution in [3.05, 3.63) is 83.9 Å². The van der Waals surface area contributed by atoms with Gasteiger partial charge in [-0.2, -0.15) is 11.8 Å². The Morgan fingerprint density at radius 2 is 1.80 bits per heavy atom. The Hall–Kier alpha value is -4.13. The van der Waals surface area contributed by atoms with Crippen molar-refractivity contribution in [2.45, 2.75) is 50.5 Å². The Balaban J connectivity index is 1.41. The summed E-state index contributed by atoms with van der Waals surface area (Å²) in [7, 11) is 0. The van der Waals surface area contributed by atoms with Gasteiger partial charge in [0.05, 0.1) is 6.54 Å². The highest BCUT2D eigenvalue weighted by atomic mass is 32.2. The highest BCUT2D eigenvalue weighted by Gasteiger charge is 2.34. The number of nitrogens with two attached hydrogens (primary N) is 1. The lowest BCUT2D eigenvalue weighted by Gasteiger charge is -2.32. The van der Waals surface area contributed by atoms with Crippen molar-refractivity contribution in [3.8, 4) is 0 Å². The second-order valence-electron chi connectivity index (χ2n) is 11.4. The number of rotatable bonds is 16. The van der Waals surface area contributed by atoms with Crippen LogP contribution in [0.15, 0.2) is 72.8 Å². The van der Waals surface area contributed by atoms with Crippen LogP contribution in [0.2, 0.25) is 0 Å². The van der Waals surface area contributed by atoms with E-state index in [1.165, 1.54) is 11.8 Å². The van der Waals surface area contributed by atoms with Crippen LogP contribution in [-0.4, -0.2) is 95.1 Å². The predicted molar refractivity (Wildman–Crippen MR) is 179 cm³/mol. The van der Waals surface area contributed by atoms with Crippen molar-refractivity contribution in [3.63, 3.8) is 0 Å². The molecular weight excluding hydrogens is 606 g/mol. The summed E-state index contributed by atoms with van der Waals surface area (Å²) >= 11 is 1.52. The smallest absolute Gasteiger partial charge is 0.407 e. The van der Waals surface area contributed by atoms with Gasteiger partial charge in [-0.3, -0.25) is 14.5 Å². The van der Waals surface area contributed by atoms with Gasteiger partial charge in [-0.25, -0.2) is 9.59 Å². The first-order valence-electron chi connectivity index (χ1n) is 15.5. The number of likely N-dealkylation sites (tertiary alicyclic amines) is 1. The zero-order valence-corrected chi connectivity index (χ0v) is 26.9. The van der Waals surface area contributed by atoms with Crippen LogP contribution in [0.25, 0.3) is 10.8 Å². The topological polar surface area (TPSA) is 154 Å². The molecule has 246 valence electrons. The summed E-state index contributed by atoms with van der Waals surface area (Å²) in [6.45, 7) is 1.33. The largest absolute Gasteiger partial charge is 0.480 e. The second-order valence-corrected chi connectivity index (χ2v) is 12.4. The van der Waals surface area contributed by atoms with Crippen LogP contribution in [0, 0.1) is 0 Å². The maximum absolute atomic E-state index is 13.4. The molecule has 1 saturated heterocycles. The maximum atomic E-state index is 13.4. The average Bonchev–Trinajstić information content (AvgIpc) is 3.52. The molecule has 1 aliphatic heterocycles. The van der Waals surface area contributed by atoms with Gasteiger partial charge in [0.2, 0.25) is 11.8 Å². The molecule has 3 atom stereocenters. The zero-order chi connectivity index (χ0) is 32.9. The van der Waals surface area contributed by atoms with E-state index in [1.54, 1.807) is 4.90 Å². The summed E-state index contributed by atoms with van der Waals surface area (Å²) in [4.78, 5) is 54.4. The molecule has 12 heteroatoms. The van der Waals surface area contributed by atoms with Crippen molar-refractivity contribution < 1.29 is 29.0 Å². The van der Waals surface area contributed by atoms with E-state index in [2.05, 4.69) is 10.6 Å². The molecule has 0 spiro atoms. The van der Waals surface area contributed by atoms with Gasteiger partial charge in [0.15, 0.2) is 0 Å². The van der Waals surface area contributed by atoms with Gasteiger partial charge in [-0.05, 0) is 53.2 Å². The molecule has 4 rings (SSSR count). The molecule has 3 aromatic rings. The number of carboxylic acids is 1. The van der Waals surface area contributed by atoms with E-state index < -0.39 is 24.1 Å². The molecule has 1 heterocycles. The molecule has 0 aromatic heterocycles. The molecule has 1 fully saturated rings. The number of aliphatic carboxylic acids is 1. The monoisotopic (exact) mass is 649 g/mol. The number of carboxylic acid groups (broad SMARTS) is 1. The minimum atomic E-state index is -1.07. The first-order valence-corrected chi connectivity index (χ1v) is 16.8. The molecule has 1 aliphatic rings. The maximum Gasteiger partial charge on any atom is 0.407 e. The third-order valence-electron chi connectivity index (χ3n) is 8.01. The van der Waals surface area contributed by atoms with Crippen LogP contribution in [0.5, 0.6) is 0 Å². The van der Waals surface area contributed by atoms with Crippen LogP contribution >= 0.6 is 11.8 Å². The van der Waals surface area contributed by atoms with Crippen molar-refractivity contribution in [1.29, 1.82) is 0 Å². The summed E-state index contributed by atoms with van der Waals surface area (Å²) in [5.74, 6) is -1.14. The summed E-state index contributed by atoms with van der Waals surface area (Å²) in [5.41, 5.74) is 8.11. The van der Waals surface area contributed by atoms with Crippen LogP contribution in [-0.2, 0) is 32.3 Å². The Morgan fingerprint density at radius 1 is 1.07 bits per heavy atom. The third kappa shape index (κ3) is 10.2. The average molecular weight is 650 g/mol. The van der Waals surface area contributed by atoms with Gasteiger partial charge < -0.3 is 31.1 Å². The van der Waals surface area contributed by atoms with Crippen molar-refractivity contribution in [1.82, 2.24) is 20.4 Å². The number of hydrogen-bond donors (Lipinski definition) is 4. The van der Waals surface area contributed by atoms with E-state index in [0.717, 1.165) is 34.7 Å². The van der Waals surface area contributed by atoms with Crippen LogP contribution in [0.4, 0.5) is 4.79 Å². The molecule has 0 radical (unpaired) electrons. The van der Waals surface area contributed by atoms with Gasteiger partial charge in [0, 0.05) is 32.2 Å². The highest BCUT2D eigenvalue weighted by Crippen LogP contribution is 2.23. The Kier molecular flexibility index (Phi) is 13.2. The van der Waals surface area contributed by atoms with Crippen LogP contribution in [0.3, 0.4) is 0 Å². The number of alkyl carbamates (subject to hydrolysis) is 1. The quantitative estimate of drug-likeness (QED) is 0.183. The van der Waals surface area contributed by atoms with Gasteiger partial charge in [-0.1, -0.05) is 72.8 Å². The van der Waals surface area contributed by atoms with E-state index in [4.69, 9.17) is 10.5 Å². The number of hydrogen-bond acceptors (Lipinski definition) is 8. The second kappa shape index (κ2) is 17.5. The molecule has 5 N–H and O–H groups in total. The summed E-state index contributed by atoms with van der Waals surface area (Å²) in [6, 6.07) is 21.2. The Labute approximate surface area is 273 Å². The minimum absolute atomic E-state index is 0.0360. The van der Waals surface area contributed by atoms with E-state index in [-0.39, 0.29) is 37.6 Å². The molecule has 3 amide bonds. The lowest BCUT2D eigenvalue weighted by molar-refractivity contribution is -0.142. The highest BCUT2D eigenvalue weighted by molar-refractivity contribution is 7.98. The zero-order valence-electron chi connectivity index (χ0n) is 26.1. The molecule has 3 aromatic carbocycles. The van der Waals surface area contributed by atoms with E-state index in [1.807, 2.05) is 84.0 Å². The fourth-order valence-electron chi connectivity index (χ4n) is 5.67. The first-order chi connectivity index (χ1) is 22.2. The number of carbonyl (C=O) groups is 4. The number of fused-ring (bicyclic) bond motifs is 1. The molecule has 11 nitrogen and oxygen atoms in total. The van der Waals surface area contributed by atoms with Gasteiger partial charge in [0.25, 0.3) is 0 Å². The lowest BCUT2D eigenvalue weighted by atomic mass is 10.0. The van der Waals surface area contributed by atoms with E-state index in [0.29, 0.717) is 31.8 Å². The first kappa shape index (κ1) is 34.7. The van der Waals surface area contributed by atoms with Crippen LogP contribution < -0.4 is 16.4 Å². The lowest BCUT2D eigenvalue weighted by Crippen LogP contribution is -2.53. The van der Waals surface area contributed by atoms with Crippen molar-refractivity contribution >= 4 is 46.4 Å². The van der Waals surface area contributed by atoms with Crippen molar-refractivity contribution in [2.24, 2.45) is 5.73 Å². The standard InChI is InChI=1S/C34H43N5O6S/c1-46-18-16-30(33(42)43)37-31(40)22-38(20-26-13-7-12-25-11-5-6-15-28(25)26)21-27-14-8-17-39(27)32(41)29(35)19-36-34(44)45-23-24-9-3-2-4-10-24/h2-7,9-13,15,27,29-30H,8,14,16-23,35H2,1H3,(H,36,44)(H,37,40)(H,42,43)/t27-,29-,30?/m0/s1. The summed E-state index contributed by atoms with van der Waals surface area (Å²) in [5, 5.41) is 17.0. The Morgan fingerprint density at radius 3 is 2.57 bits per heavy atom. The molecule has 0 bridgehead atoms. The van der Waals surface area contributed by atoms with E-state index >= 15 is 0 Å². The third-order valence-corrected chi connectivity index (χ3v) is 8.65. The van der Waals surface area contributed by atoms with Crippen LogP contribution in [0.1, 0.15) is 30.4 Å². The number of thioether (sulfide) groups is 1. The molecular formula is C34H43N5O6S. The van der Waals surface area contributed by atoms with Gasteiger partial charge in [-0.15, -0.1) is 0 Å². The SMILES string of the molecule is CSCCC(NC(=O)CN(Cc1cccc2ccccc12)C[C@@H]1CCCN1C(=O)[C@@H](N)CNC(=O)OCc1ccccc1)C(=O)O. The van der Waals surface area contributed by atoms with Crippen molar-refractivity contribution in [2.75, 3.05) is 38.2 Å². The predicted octanol–water partition coefficient (Wildman–Crippen LogP) is 3.21. The van der Waals surface area contributed by atoms with E-state index in [9.17, 15) is 24.3 Å². The molecule has 0 saturated carbocycles. The summed E-state index contributed by atoms with van der Waals surface area (Å²) in [6.07, 6.45) is 3.06. The molecule has 1 unspecified atom stereocenters.